The van der Waals surface area contributed by atoms with Gasteiger partial charge in [0.25, 0.3) is 5.92 Å². The van der Waals surface area contributed by atoms with E-state index in [2.05, 4.69) is 11.3 Å². The number of carbonyl (C=O) groups is 2. The first kappa shape index (κ1) is 12.4. The van der Waals surface area contributed by atoms with Crippen LogP contribution in [0, 0.1) is 0 Å². The third-order valence-electron chi connectivity index (χ3n) is 2.19. The topological polar surface area (TPSA) is 66.8 Å². The lowest BCUT2D eigenvalue weighted by Crippen LogP contribution is -2.48. The van der Waals surface area contributed by atoms with Gasteiger partial charge in [0.15, 0.2) is 6.04 Å². The highest BCUT2D eigenvalue weighted by atomic mass is 19.3. The highest BCUT2D eigenvalue weighted by Crippen LogP contribution is 2.34. The van der Waals surface area contributed by atoms with E-state index in [0.717, 1.165) is 0 Å². The van der Waals surface area contributed by atoms with Crippen LogP contribution >= 0.6 is 0 Å². The van der Waals surface area contributed by atoms with Crippen molar-refractivity contribution in [2.75, 3.05) is 13.2 Å². The van der Waals surface area contributed by atoms with Crippen LogP contribution in [0.2, 0.25) is 0 Å². The number of aliphatic carboxylic acids is 1. The fraction of sp³-hybridized carbons (Fsp3) is 0.556. The number of carboxylic acids is 1. The summed E-state index contributed by atoms with van der Waals surface area (Å²) < 4.78 is 30.8. The Hall–Kier alpha value is -1.66. The van der Waals surface area contributed by atoms with Crippen LogP contribution in [0.15, 0.2) is 12.7 Å². The molecule has 0 radical (unpaired) electrons. The number of amides is 1. The van der Waals surface area contributed by atoms with Crippen LogP contribution in [0.1, 0.15) is 6.42 Å². The molecule has 1 saturated heterocycles. The van der Waals surface area contributed by atoms with Gasteiger partial charge in [-0.25, -0.2) is 18.4 Å². The number of carboxylic acid groups (broad SMARTS) is 1. The van der Waals surface area contributed by atoms with E-state index in [-0.39, 0.29) is 13.2 Å². The minimum atomic E-state index is -3.42. The van der Waals surface area contributed by atoms with Crippen LogP contribution in [0.5, 0.6) is 0 Å². The van der Waals surface area contributed by atoms with Crippen LogP contribution in [0.25, 0.3) is 0 Å². The first-order valence-electron chi connectivity index (χ1n) is 4.55. The molecule has 1 aliphatic heterocycles. The predicted molar refractivity (Wildman–Crippen MR) is 49.2 cm³/mol. The van der Waals surface area contributed by atoms with Gasteiger partial charge in [-0.15, -0.1) is 0 Å². The minimum Gasteiger partial charge on any atom is -0.480 e. The lowest BCUT2D eigenvalue weighted by atomic mass is 10.1. The minimum absolute atomic E-state index is 0.146. The molecule has 1 atom stereocenters. The first-order valence-corrected chi connectivity index (χ1v) is 4.55. The van der Waals surface area contributed by atoms with E-state index in [0.29, 0.717) is 4.90 Å². The van der Waals surface area contributed by atoms with Gasteiger partial charge in [-0.1, -0.05) is 12.7 Å². The smallest absolute Gasteiger partial charge is 0.411 e. The van der Waals surface area contributed by atoms with E-state index in [4.69, 9.17) is 5.11 Å². The van der Waals surface area contributed by atoms with Crippen molar-refractivity contribution in [1.82, 2.24) is 4.90 Å². The SMILES string of the molecule is C=CCOC(=O)N1CCC(F)(F)C1C(=O)O. The van der Waals surface area contributed by atoms with Gasteiger partial charge in [-0.2, -0.15) is 0 Å². The van der Waals surface area contributed by atoms with Gasteiger partial charge < -0.3 is 9.84 Å². The summed E-state index contributed by atoms with van der Waals surface area (Å²) in [5.41, 5.74) is 0. The summed E-state index contributed by atoms with van der Waals surface area (Å²) in [5, 5.41) is 8.64. The molecule has 7 heteroatoms. The maximum Gasteiger partial charge on any atom is 0.411 e. The maximum absolute atomic E-state index is 13.1. The summed E-state index contributed by atoms with van der Waals surface area (Å²) in [5.74, 6) is -5.16. The number of ether oxygens (including phenoxy) is 1. The van der Waals surface area contributed by atoms with Gasteiger partial charge in [0.1, 0.15) is 6.61 Å². The molecule has 16 heavy (non-hydrogen) atoms. The number of nitrogens with zero attached hydrogens (tertiary/aromatic N) is 1. The Morgan fingerprint density at radius 1 is 1.62 bits per heavy atom. The highest BCUT2D eigenvalue weighted by Gasteiger charge is 2.55. The summed E-state index contributed by atoms with van der Waals surface area (Å²) >= 11 is 0. The maximum atomic E-state index is 13.1. The number of rotatable bonds is 3. The van der Waals surface area contributed by atoms with E-state index in [1.165, 1.54) is 6.08 Å². The average molecular weight is 235 g/mol. The van der Waals surface area contributed by atoms with Crippen molar-refractivity contribution in [2.45, 2.75) is 18.4 Å². The van der Waals surface area contributed by atoms with Gasteiger partial charge >= 0.3 is 12.1 Å². The molecule has 0 aliphatic carbocycles. The summed E-state index contributed by atoms with van der Waals surface area (Å²) in [6, 6.07) is -2.15. The fourth-order valence-electron chi connectivity index (χ4n) is 1.49. The Bertz CT molecular complexity index is 319. The molecule has 0 spiro atoms. The number of carbonyl (C=O) groups excluding carboxylic acids is 1. The van der Waals surface area contributed by atoms with Gasteiger partial charge in [0, 0.05) is 13.0 Å². The molecule has 0 aromatic heterocycles. The van der Waals surface area contributed by atoms with Crippen molar-refractivity contribution in [3.05, 3.63) is 12.7 Å². The molecule has 1 aliphatic rings. The second-order valence-electron chi connectivity index (χ2n) is 3.31. The average Bonchev–Trinajstić information content (AvgIpc) is 2.50. The van der Waals surface area contributed by atoms with Gasteiger partial charge in [0.2, 0.25) is 0 Å². The summed E-state index contributed by atoms with van der Waals surface area (Å²) in [4.78, 5) is 22.4. The predicted octanol–water partition coefficient (Wildman–Crippen LogP) is 1.10. The molecule has 90 valence electrons. The van der Waals surface area contributed by atoms with E-state index >= 15 is 0 Å². The lowest BCUT2D eigenvalue weighted by Gasteiger charge is -2.22. The first-order chi connectivity index (χ1) is 7.40. The van der Waals surface area contributed by atoms with E-state index in [1.54, 1.807) is 0 Å². The molecule has 0 aromatic rings. The lowest BCUT2D eigenvalue weighted by molar-refractivity contribution is -0.151. The van der Waals surface area contributed by atoms with E-state index in [9.17, 15) is 18.4 Å². The Morgan fingerprint density at radius 2 is 2.25 bits per heavy atom. The van der Waals surface area contributed by atoms with Crippen LogP contribution in [-0.2, 0) is 9.53 Å². The largest absolute Gasteiger partial charge is 0.480 e. The Kier molecular flexibility index (Phi) is 3.46. The van der Waals surface area contributed by atoms with Crippen molar-refractivity contribution in [3.8, 4) is 0 Å². The van der Waals surface area contributed by atoms with Gasteiger partial charge in [-0.05, 0) is 0 Å². The summed E-state index contributed by atoms with van der Waals surface area (Å²) in [7, 11) is 0. The van der Waals surface area contributed by atoms with E-state index < -0.39 is 30.4 Å². The van der Waals surface area contributed by atoms with Crippen molar-refractivity contribution < 1.29 is 28.2 Å². The normalized spacial score (nSPS) is 22.9. The zero-order chi connectivity index (χ0) is 12.3. The number of hydrogen-bond acceptors (Lipinski definition) is 3. The third-order valence-corrected chi connectivity index (χ3v) is 2.19. The monoisotopic (exact) mass is 235 g/mol. The fourth-order valence-corrected chi connectivity index (χ4v) is 1.49. The molecule has 5 nitrogen and oxygen atoms in total. The molecule has 1 fully saturated rings. The molecular formula is C9H11F2NO4. The quantitative estimate of drug-likeness (QED) is 0.744. The van der Waals surface area contributed by atoms with Crippen molar-refractivity contribution in [1.29, 1.82) is 0 Å². The Labute approximate surface area is 90.3 Å². The van der Waals surface area contributed by atoms with Crippen molar-refractivity contribution >= 4 is 12.1 Å². The standard InChI is InChI=1S/C9H11F2NO4/c1-2-5-16-8(15)12-4-3-9(10,11)6(12)7(13)14/h2,6H,1,3-5H2,(H,13,14). The Balaban J connectivity index is 2.77. The highest BCUT2D eigenvalue weighted by molar-refractivity contribution is 5.82. The zero-order valence-corrected chi connectivity index (χ0v) is 8.36. The zero-order valence-electron chi connectivity index (χ0n) is 8.36. The van der Waals surface area contributed by atoms with Crippen molar-refractivity contribution in [2.24, 2.45) is 0 Å². The number of hydrogen-bond donors (Lipinski definition) is 1. The van der Waals surface area contributed by atoms with Gasteiger partial charge in [0.05, 0.1) is 0 Å². The van der Waals surface area contributed by atoms with Crippen molar-refractivity contribution in [3.63, 3.8) is 0 Å². The molecule has 1 amide bonds. The Morgan fingerprint density at radius 3 is 2.75 bits per heavy atom. The van der Waals surface area contributed by atoms with Crippen LogP contribution in [-0.4, -0.2) is 47.2 Å². The summed E-state index contributed by atoms with van der Waals surface area (Å²) in [6.07, 6.45) is -0.473. The molecule has 1 rings (SSSR count). The molecule has 0 saturated carbocycles. The molecule has 1 N–H and O–H groups in total. The van der Waals surface area contributed by atoms with Crippen LogP contribution < -0.4 is 0 Å². The second kappa shape index (κ2) is 4.46. The van der Waals surface area contributed by atoms with E-state index in [1.807, 2.05) is 0 Å². The molecular weight excluding hydrogens is 224 g/mol. The van der Waals surface area contributed by atoms with Crippen LogP contribution in [0.4, 0.5) is 13.6 Å². The molecule has 1 heterocycles. The molecule has 0 aromatic carbocycles. The molecule has 1 unspecified atom stereocenters. The number of alkyl halides is 2. The van der Waals surface area contributed by atoms with Gasteiger partial charge in [-0.3, -0.25) is 4.90 Å². The molecule has 0 bridgehead atoms. The third kappa shape index (κ3) is 2.29. The number of halogens is 2. The number of likely N-dealkylation sites (tertiary alicyclic amines) is 1. The summed E-state index contributed by atoms with van der Waals surface area (Å²) in [6.45, 7) is 2.80. The second-order valence-corrected chi connectivity index (χ2v) is 3.31. The van der Waals surface area contributed by atoms with Crippen LogP contribution in [0.3, 0.4) is 0 Å².